The third-order valence-corrected chi connectivity index (χ3v) is 2.91. The van der Waals surface area contributed by atoms with Crippen LogP contribution in [0, 0.1) is 13.8 Å². The van der Waals surface area contributed by atoms with E-state index in [9.17, 15) is 0 Å². The van der Waals surface area contributed by atoms with Gasteiger partial charge in [-0.25, -0.2) is 4.98 Å². The summed E-state index contributed by atoms with van der Waals surface area (Å²) < 4.78 is 5.91. The largest absolute Gasteiger partial charge is 0.474 e. The smallest absolute Gasteiger partial charge is 0.213 e. The van der Waals surface area contributed by atoms with E-state index in [2.05, 4.69) is 18.0 Å². The quantitative estimate of drug-likeness (QED) is 0.738. The molecule has 1 heterocycles. The molecule has 0 aliphatic heterocycles. The molecule has 82 valence electrons. The fourth-order valence-electron chi connectivity index (χ4n) is 2.22. The molecular weight excluding hydrogens is 186 g/mol. The Morgan fingerprint density at radius 1 is 1.13 bits per heavy atom. The van der Waals surface area contributed by atoms with Crippen molar-refractivity contribution < 1.29 is 4.74 Å². The van der Waals surface area contributed by atoms with Crippen LogP contribution < -0.4 is 4.74 Å². The molecule has 1 saturated carbocycles. The molecule has 1 aliphatic carbocycles. The molecule has 0 saturated heterocycles. The third-order valence-electron chi connectivity index (χ3n) is 2.91. The molecule has 0 spiro atoms. The minimum atomic E-state index is 0.396. The Labute approximate surface area is 91.7 Å². The maximum Gasteiger partial charge on any atom is 0.213 e. The zero-order valence-corrected chi connectivity index (χ0v) is 9.62. The first-order chi connectivity index (χ1) is 7.24. The standard InChI is InChI=1S/C13H19NO/c1-10-8-11(2)14-13(9-10)15-12-6-4-3-5-7-12/h8-9,12H,3-7H2,1-2H3. The normalized spacial score (nSPS) is 17.7. The lowest BCUT2D eigenvalue weighted by molar-refractivity contribution is 0.148. The van der Waals surface area contributed by atoms with Gasteiger partial charge in [-0.3, -0.25) is 0 Å². The molecule has 0 aromatic carbocycles. The van der Waals surface area contributed by atoms with Gasteiger partial charge in [-0.15, -0.1) is 0 Å². The summed E-state index contributed by atoms with van der Waals surface area (Å²) in [6.45, 7) is 4.10. The van der Waals surface area contributed by atoms with Crippen LogP contribution in [0.1, 0.15) is 43.4 Å². The lowest BCUT2D eigenvalue weighted by Crippen LogP contribution is -2.20. The highest BCUT2D eigenvalue weighted by Gasteiger charge is 2.15. The van der Waals surface area contributed by atoms with Crippen LogP contribution in [0.25, 0.3) is 0 Å². The zero-order chi connectivity index (χ0) is 10.7. The van der Waals surface area contributed by atoms with Crippen molar-refractivity contribution in [3.05, 3.63) is 23.4 Å². The van der Waals surface area contributed by atoms with Crippen molar-refractivity contribution >= 4 is 0 Å². The zero-order valence-electron chi connectivity index (χ0n) is 9.62. The van der Waals surface area contributed by atoms with Crippen molar-refractivity contribution in [2.45, 2.75) is 52.1 Å². The van der Waals surface area contributed by atoms with E-state index < -0.39 is 0 Å². The van der Waals surface area contributed by atoms with Crippen molar-refractivity contribution in [2.24, 2.45) is 0 Å². The SMILES string of the molecule is Cc1cc(C)nc(OC2CCCCC2)c1. The van der Waals surface area contributed by atoms with Gasteiger partial charge in [-0.05, 0) is 51.2 Å². The molecule has 1 aliphatic rings. The van der Waals surface area contributed by atoms with Gasteiger partial charge in [0.1, 0.15) is 6.10 Å². The summed E-state index contributed by atoms with van der Waals surface area (Å²) in [6, 6.07) is 4.11. The van der Waals surface area contributed by atoms with Crippen LogP contribution in [0.15, 0.2) is 12.1 Å². The Morgan fingerprint density at radius 2 is 1.87 bits per heavy atom. The number of aryl methyl sites for hydroxylation is 2. The predicted octanol–water partition coefficient (Wildman–Crippen LogP) is 3.41. The van der Waals surface area contributed by atoms with Crippen molar-refractivity contribution in [1.82, 2.24) is 4.98 Å². The summed E-state index contributed by atoms with van der Waals surface area (Å²) in [5, 5.41) is 0. The molecule has 1 fully saturated rings. The van der Waals surface area contributed by atoms with Crippen LogP contribution in [0.5, 0.6) is 5.88 Å². The monoisotopic (exact) mass is 205 g/mol. The van der Waals surface area contributed by atoms with Crippen molar-refractivity contribution in [2.75, 3.05) is 0 Å². The Hall–Kier alpha value is -1.05. The summed E-state index contributed by atoms with van der Waals surface area (Å²) in [5.74, 6) is 0.805. The van der Waals surface area contributed by atoms with E-state index in [1.54, 1.807) is 0 Å². The summed E-state index contributed by atoms with van der Waals surface area (Å²) in [6.07, 6.45) is 6.74. The molecule has 1 aromatic heterocycles. The van der Waals surface area contributed by atoms with Crippen LogP contribution in [-0.4, -0.2) is 11.1 Å². The molecule has 1 aromatic rings. The van der Waals surface area contributed by atoms with E-state index >= 15 is 0 Å². The van der Waals surface area contributed by atoms with Gasteiger partial charge < -0.3 is 4.74 Å². The van der Waals surface area contributed by atoms with Gasteiger partial charge >= 0.3 is 0 Å². The second-order valence-electron chi connectivity index (χ2n) is 4.50. The van der Waals surface area contributed by atoms with Crippen LogP contribution in [0.4, 0.5) is 0 Å². The average molecular weight is 205 g/mol. The lowest BCUT2D eigenvalue weighted by Gasteiger charge is -2.22. The summed E-state index contributed by atoms with van der Waals surface area (Å²) >= 11 is 0. The van der Waals surface area contributed by atoms with Crippen LogP contribution >= 0.6 is 0 Å². The van der Waals surface area contributed by atoms with E-state index in [0.29, 0.717) is 6.10 Å². The molecule has 0 unspecified atom stereocenters. The van der Waals surface area contributed by atoms with Gasteiger partial charge in [0, 0.05) is 11.8 Å². The Bertz CT molecular complexity index is 309. The number of nitrogens with zero attached hydrogens (tertiary/aromatic N) is 1. The van der Waals surface area contributed by atoms with Gasteiger partial charge in [0.25, 0.3) is 0 Å². The first-order valence-corrected chi connectivity index (χ1v) is 5.86. The minimum Gasteiger partial charge on any atom is -0.474 e. The molecule has 15 heavy (non-hydrogen) atoms. The van der Waals surface area contributed by atoms with Gasteiger partial charge in [-0.2, -0.15) is 0 Å². The highest BCUT2D eigenvalue weighted by molar-refractivity contribution is 5.23. The minimum absolute atomic E-state index is 0.396. The van der Waals surface area contributed by atoms with Gasteiger partial charge in [0.15, 0.2) is 0 Å². The Morgan fingerprint density at radius 3 is 2.53 bits per heavy atom. The first-order valence-electron chi connectivity index (χ1n) is 5.86. The predicted molar refractivity (Wildman–Crippen MR) is 61.2 cm³/mol. The fourth-order valence-corrected chi connectivity index (χ4v) is 2.22. The van der Waals surface area contributed by atoms with Crippen molar-refractivity contribution in [1.29, 1.82) is 0 Å². The van der Waals surface area contributed by atoms with Crippen LogP contribution in [-0.2, 0) is 0 Å². The molecule has 0 radical (unpaired) electrons. The fraction of sp³-hybridized carbons (Fsp3) is 0.615. The second kappa shape index (κ2) is 4.65. The lowest BCUT2D eigenvalue weighted by atomic mass is 9.98. The molecule has 2 nitrogen and oxygen atoms in total. The van der Waals surface area contributed by atoms with E-state index in [1.807, 2.05) is 13.0 Å². The van der Waals surface area contributed by atoms with E-state index in [0.717, 1.165) is 11.6 Å². The Kier molecular flexibility index (Phi) is 3.24. The molecule has 0 amide bonds. The third kappa shape index (κ3) is 2.95. The number of pyridine rings is 1. The molecule has 0 N–H and O–H groups in total. The molecule has 0 atom stereocenters. The number of hydrogen-bond acceptors (Lipinski definition) is 2. The number of hydrogen-bond donors (Lipinski definition) is 0. The molecular formula is C13H19NO. The number of rotatable bonds is 2. The second-order valence-corrected chi connectivity index (χ2v) is 4.50. The van der Waals surface area contributed by atoms with Crippen molar-refractivity contribution in [3.8, 4) is 5.88 Å². The van der Waals surface area contributed by atoms with E-state index in [-0.39, 0.29) is 0 Å². The maximum atomic E-state index is 5.91. The van der Waals surface area contributed by atoms with E-state index in [1.165, 1.54) is 37.7 Å². The highest BCUT2D eigenvalue weighted by atomic mass is 16.5. The summed E-state index contributed by atoms with van der Waals surface area (Å²) in [7, 11) is 0. The van der Waals surface area contributed by atoms with Gasteiger partial charge in [0.05, 0.1) is 0 Å². The molecule has 0 bridgehead atoms. The maximum absolute atomic E-state index is 5.91. The number of aromatic nitrogens is 1. The average Bonchev–Trinajstić information content (AvgIpc) is 2.17. The van der Waals surface area contributed by atoms with Crippen LogP contribution in [0.2, 0.25) is 0 Å². The highest BCUT2D eigenvalue weighted by Crippen LogP contribution is 2.22. The van der Waals surface area contributed by atoms with Crippen LogP contribution in [0.3, 0.4) is 0 Å². The molecule has 2 heteroatoms. The van der Waals surface area contributed by atoms with Gasteiger partial charge in [0.2, 0.25) is 5.88 Å². The Balaban J connectivity index is 2.02. The number of ether oxygens (including phenoxy) is 1. The summed E-state index contributed by atoms with van der Waals surface area (Å²) in [4.78, 5) is 4.41. The molecule has 2 rings (SSSR count). The van der Waals surface area contributed by atoms with Gasteiger partial charge in [-0.1, -0.05) is 6.42 Å². The topological polar surface area (TPSA) is 22.1 Å². The summed E-state index contributed by atoms with van der Waals surface area (Å²) in [5.41, 5.74) is 2.27. The first kappa shape index (κ1) is 10.5. The van der Waals surface area contributed by atoms with E-state index in [4.69, 9.17) is 4.74 Å². The van der Waals surface area contributed by atoms with Crippen molar-refractivity contribution in [3.63, 3.8) is 0 Å².